The van der Waals surface area contributed by atoms with Gasteiger partial charge in [-0.25, -0.2) is 0 Å². The van der Waals surface area contributed by atoms with E-state index in [0.29, 0.717) is 5.02 Å². The van der Waals surface area contributed by atoms with Crippen LogP contribution in [-0.2, 0) is 0 Å². The van der Waals surface area contributed by atoms with Gasteiger partial charge in [0.25, 0.3) is 0 Å². The zero-order chi connectivity index (χ0) is 13.0. The van der Waals surface area contributed by atoms with Gasteiger partial charge < -0.3 is 4.42 Å². The maximum Gasteiger partial charge on any atom is 0.138 e. The molecule has 1 nitrogen and oxygen atoms in total. The number of fused-ring (bicyclic) bond motifs is 5. The van der Waals surface area contributed by atoms with Crippen LogP contribution < -0.4 is 0 Å². The van der Waals surface area contributed by atoms with Crippen LogP contribution in [0.5, 0.6) is 0 Å². The van der Waals surface area contributed by atoms with Gasteiger partial charge in [0.15, 0.2) is 0 Å². The third-order valence-electron chi connectivity index (χ3n) is 3.38. The van der Waals surface area contributed by atoms with E-state index in [1.807, 2.05) is 30.3 Å². The minimum atomic E-state index is 0.669. The van der Waals surface area contributed by atoms with Crippen LogP contribution in [0.25, 0.3) is 32.7 Å². The van der Waals surface area contributed by atoms with Gasteiger partial charge in [-0.2, -0.15) is 0 Å². The highest BCUT2D eigenvalue weighted by molar-refractivity contribution is 9.10. The largest absolute Gasteiger partial charge is 0.456 e. The summed E-state index contributed by atoms with van der Waals surface area (Å²) >= 11 is 9.67. The summed E-state index contributed by atoms with van der Waals surface area (Å²) in [5.41, 5.74) is 1.70. The molecule has 0 bridgehead atoms. The summed E-state index contributed by atoms with van der Waals surface area (Å²) in [6.45, 7) is 0. The number of furan rings is 1. The Bertz CT molecular complexity index is 940. The van der Waals surface area contributed by atoms with Gasteiger partial charge in [-0.3, -0.25) is 0 Å². The fraction of sp³-hybridized carbons (Fsp3) is 0. The Morgan fingerprint density at radius 3 is 2.63 bits per heavy atom. The van der Waals surface area contributed by atoms with Crippen molar-refractivity contribution >= 4 is 60.2 Å². The molecule has 0 aliphatic heterocycles. The number of hydrogen-bond donors (Lipinski definition) is 0. The van der Waals surface area contributed by atoms with E-state index >= 15 is 0 Å². The van der Waals surface area contributed by atoms with Crippen LogP contribution in [0.15, 0.2) is 57.4 Å². The van der Waals surface area contributed by atoms with E-state index in [1.165, 1.54) is 10.8 Å². The molecule has 0 saturated heterocycles. The Kier molecular flexibility index (Phi) is 2.38. The predicted octanol–water partition coefficient (Wildman–Crippen LogP) is 6.16. The fourth-order valence-electron chi connectivity index (χ4n) is 2.59. The van der Waals surface area contributed by atoms with Gasteiger partial charge in [-0.15, -0.1) is 0 Å². The smallest absolute Gasteiger partial charge is 0.138 e. The zero-order valence-electron chi connectivity index (χ0n) is 9.78. The van der Waals surface area contributed by atoms with Gasteiger partial charge in [-0.1, -0.05) is 41.9 Å². The molecule has 4 aromatic rings. The Hall–Kier alpha value is -1.51. The first-order chi connectivity index (χ1) is 9.24. The minimum Gasteiger partial charge on any atom is -0.456 e. The summed E-state index contributed by atoms with van der Waals surface area (Å²) in [6.07, 6.45) is 0. The van der Waals surface area contributed by atoms with Crippen molar-refractivity contribution in [3.05, 3.63) is 58.0 Å². The molecule has 0 amide bonds. The molecule has 3 aromatic carbocycles. The highest BCUT2D eigenvalue weighted by atomic mass is 79.9. The minimum absolute atomic E-state index is 0.669. The third-order valence-corrected chi connectivity index (χ3v) is 4.22. The second-order valence-electron chi connectivity index (χ2n) is 4.52. The number of halogens is 2. The van der Waals surface area contributed by atoms with E-state index in [1.54, 1.807) is 0 Å². The summed E-state index contributed by atoms with van der Waals surface area (Å²) in [5, 5.41) is 5.29. The molecule has 92 valence electrons. The summed E-state index contributed by atoms with van der Waals surface area (Å²) in [6, 6.07) is 16.2. The number of rotatable bonds is 0. The zero-order valence-corrected chi connectivity index (χ0v) is 12.1. The second kappa shape index (κ2) is 3.99. The lowest BCUT2D eigenvalue weighted by atomic mass is 10.0. The molecule has 0 N–H and O–H groups in total. The highest BCUT2D eigenvalue weighted by Gasteiger charge is 2.13. The van der Waals surface area contributed by atoms with Crippen LogP contribution in [0.3, 0.4) is 0 Å². The highest BCUT2D eigenvalue weighted by Crippen LogP contribution is 2.39. The molecular formula is C16H8BrClO. The van der Waals surface area contributed by atoms with Crippen molar-refractivity contribution in [3.8, 4) is 0 Å². The van der Waals surface area contributed by atoms with Gasteiger partial charge in [0.1, 0.15) is 11.2 Å². The molecule has 0 aliphatic carbocycles. The van der Waals surface area contributed by atoms with E-state index < -0.39 is 0 Å². The molecule has 1 heterocycles. The van der Waals surface area contributed by atoms with Crippen molar-refractivity contribution in [1.82, 2.24) is 0 Å². The molecule has 0 spiro atoms. The van der Waals surface area contributed by atoms with E-state index in [0.717, 1.165) is 26.4 Å². The molecule has 3 heteroatoms. The predicted molar refractivity (Wildman–Crippen MR) is 83.9 cm³/mol. The second-order valence-corrected chi connectivity index (χ2v) is 5.81. The Morgan fingerprint density at radius 2 is 1.74 bits per heavy atom. The number of hydrogen-bond acceptors (Lipinski definition) is 1. The summed E-state index contributed by atoms with van der Waals surface area (Å²) in [4.78, 5) is 0. The lowest BCUT2D eigenvalue weighted by Gasteiger charge is -2.00. The van der Waals surface area contributed by atoms with Crippen LogP contribution >= 0.6 is 27.5 Å². The molecular weight excluding hydrogens is 324 g/mol. The average Bonchev–Trinajstić information content (AvgIpc) is 2.77. The first-order valence-corrected chi connectivity index (χ1v) is 7.10. The first-order valence-electron chi connectivity index (χ1n) is 5.93. The molecule has 0 unspecified atom stereocenters. The molecule has 0 saturated carbocycles. The van der Waals surface area contributed by atoms with Crippen molar-refractivity contribution in [2.45, 2.75) is 0 Å². The van der Waals surface area contributed by atoms with Gasteiger partial charge in [0, 0.05) is 26.3 Å². The van der Waals surface area contributed by atoms with Crippen molar-refractivity contribution in [2.24, 2.45) is 0 Å². The quantitative estimate of drug-likeness (QED) is 0.376. The van der Waals surface area contributed by atoms with Crippen molar-refractivity contribution in [2.75, 3.05) is 0 Å². The normalized spacial score (nSPS) is 11.7. The molecule has 0 atom stereocenters. The van der Waals surface area contributed by atoms with Crippen LogP contribution in [0.4, 0.5) is 0 Å². The van der Waals surface area contributed by atoms with E-state index in [-0.39, 0.29) is 0 Å². The Morgan fingerprint density at radius 1 is 0.895 bits per heavy atom. The third kappa shape index (κ3) is 1.60. The van der Waals surface area contributed by atoms with Gasteiger partial charge in [0.2, 0.25) is 0 Å². The fourth-order valence-corrected chi connectivity index (χ4v) is 3.57. The van der Waals surface area contributed by atoms with Gasteiger partial charge >= 0.3 is 0 Å². The van der Waals surface area contributed by atoms with E-state index in [2.05, 4.69) is 34.1 Å². The van der Waals surface area contributed by atoms with E-state index in [4.69, 9.17) is 16.0 Å². The topological polar surface area (TPSA) is 13.1 Å². The molecule has 0 fully saturated rings. The molecule has 0 aliphatic rings. The van der Waals surface area contributed by atoms with Crippen LogP contribution in [-0.4, -0.2) is 0 Å². The molecule has 19 heavy (non-hydrogen) atoms. The van der Waals surface area contributed by atoms with Crippen molar-refractivity contribution in [3.63, 3.8) is 0 Å². The first kappa shape index (κ1) is 11.3. The summed E-state index contributed by atoms with van der Waals surface area (Å²) in [5.74, 6) is 0. The SMILES string of the molecule is Clc1cc(Br)c2c(c1)oc1ccc3ccccc3c12. The standard InChI is InChI=1S/C16H8BrClO/c17-12-7-10(18)8-14-16(12)15-11-4-2-1-3-9(11)5-6-13(15)19-14/h1-8H. The van der Waals surface area contributed by atoms with E-state index in [9.17, 15) is 0 Å². The van der Waals surface area contributed by atoms with Crippen molar-refractivity contribution < 1.29 is 4.42 Å². The lowest BCUT2D eigenvalue weighted by Crippen LogP contribution is -1.75. The molecule has 1 aromatic heterocycles. The average molecular weight is 332 g/mol. The van der Waals surface area contributed by atoms with Crippen LogP contribution in [0, 0.1) is 0 Å². The maximum absolute atomic E-state index is 6.08. The Balaban J connectivity index is 2.36. The molecule has 4 rings (SSSR count). The summed E-state index contributed by atoms with van der Waals surface area (Å²) in [7, 11) is 0. The lowest BCUT2D eigenvalue weighted by molar-refractivity contribution is 0.669. The van der Waals surface area contributed by atoms with Crippen molar-refractivity contribution in [1.29, 1.82) is 0 Å². The Labute approximate surface area is 122 Å². The number of benzene rings is 3. The maximum atomic E-state index is 6.08. The molecule has 0 radical (unpaired) electrons. The monoisotopic (exact) mass is 330 g/mol. The summed E-state index contributed by atoms with van der Waals surface area (Å²) < 4.78 is 6.87. The van der Waals surface area contributed by atoms with Crippen LogP contribution in [0.1, 0.15) is 0 Å². The van der Waals surface area contributed by atoms with Gasteiger partial charge in [-0.05, 0) is 38.8 Å². The van der Waals surface area contributed by atoms with Gasteiger partial charge in [0.05, 0.1) is 0 Å². The van der Waals surface area contributed by atoms with Crippen LogP contribution in [0.2, 0.25) is 5.02 Å².